The van der Waals surface area contributed by atoms with Crippen molar-refractivity contribution in [1.29, 1.82) is 0 Å². The lowest BCUT2D eigenvalue weighted by Gasteiger charge is -2.39. The highest BCUT2D eigenvalue weighted by Crippen LogP contribution is 2.50. The van der Waals surface area contributed by atoms with Gasteiger partial charge in [0, 0.05) is 12.0 Å². The van der Waals surface area contributed by atoms with Crippen molar-refractivity contribution in [2.75, 3.05) is 6.61 Å². The Morgan fingerprint density at radius 1 is 0.475 bits per heavy atom. The molecule has 0 amide bonds. The molecule has 3 nitrogen and oxygen atoms in total. The van der Waals surface area contributed by atoms with Gasteiger partial charge in [0.05, 0.1) is 0 Å². The van der Waals surface area contributed by atoms with Gasteiger partial charge in [0.1, 0.15) is 0 Å². The maximum Gasteiger partial charge on any atom is 0.633 e. The molecule has 4 heteroatoms. The van der Waals surface area contributed by atoms with Crippen molar-refractivity contribution in [3.8, 4) is 0 Å². The van der Waals surface area contributed by atoms with Gasteiger partial charge < -0.3 is 14.7 Å². The first-order valence-electron chi connectivity index (χ1n) is 14.1. The summed E-state index contributed by atoms with van der Waals surface area (Å²) >= 11 is 0. The van der Waals surface area contributed by atoms with Crippen LogP contribution >= 0.6 is 0 Å². The summed E-state index contributed by atoms with van der Waals surface area (Å²) in [6.45, 7) is 0.321. The maximum atomic E-state index is 9.12. The highest BCUT2D eigenvalue weighted by atomic mass is 16.6. The molecule has 0 atom stereocenters. The molecule has 0 fully saturated rings. The second-order valence-corrected chi connectivity index (χ2v) is 10.5. The average molecular weight is 524 g/mol. The number of hydrogen-bond acceptors (Lipinski definition) is 3. The van der Waals surface area contributed by atoms with Crippen molar-refractivity contribution in [2.24, 2.45) is 0 Å². The molecule has 0 saturated carbocycles. The van der Waals surface area contributed by atoms with Gasteiger partial charge in [-0.3, -0.25) is 0 Å². The normalized spacial score (nSPS) is 11.8. The van der Waals surface area contributed by atoms with Crippen LogP contribution in [-0.2, 0) is 10.1 Å². The van der Waals surface area contributed by atoms with Crippen LogP contribution in [0.5, 0.6) is 0 Å². The minimum atomic E-state index is -1.72. The second-order valence-electron chi connectivity index (χ2n) is 10.5. The average Bonchev–Trinajstić information content (AvgIpc) is 3.00. The van der Waals surface area contributed by atoms with Gasteiger partial charge in [-0.2, -0.15) is 0 Å². The van der Waals surface area contributed by atoms with E-state index in [1.807, 2.05) is 0 Å². The molecule has 6 aromatic carbocycles. The number of unbranched alkanes of at least 4 members (excludes halogenated alkanes) is 2. The number of benzene rings is 6. The van der Waals surface area contributed by atoms with E-state index in [4.69, 9.17) is 14.7 Å². The van der Waals surface area contributed by atoms with E-state index >= 15 is 0 Å². The smallest absolute Gasteiger partial charge is 0.402 e. The number of rotatable bonds is 10. The zero-order valence-corrected chi connectivity index (χ0v) is 22.5. The first kappa shape index (κ1) is 26.3. The van der Waals surface area contributed by atoms with E-state index in [0.29, 0.717) is 6.61 Å². The Morgan fingerprint density at radius 3 is 1.30 bits per heavy atom. The molecule has 0 aliphatic carbocycles. The van der Waals surface area contributed by atoms with E-state index in [9.17, 15) is 0 Å². The molecular weight excluding hydrogens is 491 g/mol. The predicted octanol–water partition coefficient (Wildman–Crippen LogP) is 8.03. The molecule has 198 valence electrons. The van der Waals surface area contributed by atoms with Crippen molar-refractivity contribution >= 4 is 39.6 Å². The molecule has 40 heavy (non-hydrogen) atoms. The van der Waals surface area contributed by atoms with E-state index in [1.165, 1.54) is 49.0 Å². The Kier molecular flexibility index (Phi) is 7.65. The molecule has 0 unspecified atom stereocenters. The van der Waals surface area contributed by atoms with E-state index in [2.05, 4.69) is 127 Å². The van der Waals surface area contributed by atoms with Crippen LogP contribution in [0.2, 0.25) is 0 Å². The minimum Gasteiger partial charge on any atom is -0.402 e. The molecule has 0 heterocycles. The van der Waals surface area contributed by atoms with Crippen molar-refractivity contribution < 1.29 is 14.7 Å². The molecule has 2 N–H and O–H groups in total. The van der Waals surface area contributed by atoms with Gasteiger partial charge in [0.25, 0.3) is 0 Å². The zero-order valence-electron chi connectivity index (χ0n) is 22.5. The largest absolute Gasteiger partial charge is 0.633 e. The van der Waals surface area contributed by atoms with Crippen LogP contribution < -0.4 is 0 Å². The maximum absolute atomic E-state index is 9.12. The van der Waals surface area contributed by atoms with Gasteiger partial charge in [-0.15, -0.1) is 0 Å². The second kappa shape index (κ2) is 11.7. The topological polar surface area (TPSA) is 49.7 Å². The van der Waals surface area contributed by atoms with E-state index in [-0.39, 0.29) is 0 Å². The van der Waals surface area contributed by atoms with E-state index in [1.54, 1.807) is 0 Å². The minimum absolute atomic E-state index is 0.321. The van der Waals surface area contributed by atoms with Crippen molar-refractivity contribution in [3.63, 3.8) is 0 Å². The highest BCUT2D eigenvalue weighted by molar-refractivity contribution is 6.32. The molecule has 0 spiro atoms. The van der Waals surface area contributed by atoms with Crippen LogP contribution in [0.3, 0.4) is 0 Å². The lowest BCUT2D eigenvalue weighted by Crippen LogP contribution is -2.30. The lowest BCUT2D eigenvalue weighted by molar-refractivity contribution is 0.181. The van der Waals surface area contributed by atoms with Crippen LogP contribution in [0, 0.1) is 0 Å². The van der Waals surface area contributed by atoms with Gasteiger partial charge in [-0.1, -0.05) is 140 Å². The fourth-order valence-corrected chi connectivity index (χ4v) is 6.49. The quantitative estimate of drug-likeness (QED) is 0.108. The van der Waals surface area contributed by atoms with Crippen LogP contribution in [0.15, 0.2) is 127 Å². The molecule has 0 aromatic heterocycles. The number of fused-ring (bicyclic) bond motifs is 3. The molecular formula is C36H33BO3. The van der Waals surface area contributed by atoms with Gasteiger partial charge >= 0.3 is 7.32 Å². The fourth-order valence-electron chi connectivity index (χ4n) is 6.49. The first-order valence-corrected chi connectivity index (χ1v) is 14.1. The Hall–Kier alpha value is -3.96. The molecule has 0 saturated heterocycles. The Balaban J connectivity index is 1.65. The van der Waals surface area contributed by atoms with Crippen LogP contribution in [-0.4, -0.2) is 24.0 Å². The third-order valence-electron chi connectivity index (χ3n) is 8.21. The first-order chi connectivity index (χ1) is 19.7. The lowest BCUT2D eigenvalue weighted by atomic mass is 9.63. The summed E-state index contributed by atoms with van der Waals surface area (Å²) in [5, 5.41) is 25.7. The van der Waals surface area contributed by atoms with E-state index in [0.717, 1.165) is 25.7 Å². The molecule has 6 aromatic rings. The summed E-state index contributed by atoms with van der Waals surface area (Å²) in [5.74, 6) is 0. The molecule has 0 aliphatic rings. The van der Waals surface area contributed by atoms with Crippen molar-refractivity contribution in [3.05, 3.63) is 144 Å². The van der Waals surface area contributed by atoms with Crippen molar-refractivity contribution in [1.82, 2.24) is 0 Å². The van der Waals surface area contributed by atoms with Gasteiger partial charge in [0.15, 0.2) is 0 Å². The molecule has 6 rings (SSSR count). The van der Waals surface area contributed by atoms with Crippen LogP contribution in [0.25, 0.3) is 32.3 Å². The van der Waals surface area contributed by atoms with E-state index < -0.39 is 12.7 Å². The molecule has 0 bridgehead atoms. The highest BCUT2D eigenvalue weighted by Gasteiger charge is 2.39. The number of hydrogen-bond donors (Lipinski definition) is 2. The Labute approximate surface area is 235 Å². The van der Waals surface area contributed by atoms with Gasteiger partial charge in [0.2, 0.25) is 0 Å². The zero-order chi connectivity index (χ0) is 27.4. The van der Waals surface area contributed by atoms with Gasteiger partial charge in [-0.05, 0) is 61.8 Å². The Bertz CT molecular complexity index is 1550. The summed E-state index contributed by atoms with van der Waals surface area (Å²) in [7, 11) is -1.72. The molecule has 0 radical (unpaired) electrons. The fraction of sp³-hybridized carbons (Fsp3) is 0.167. The SMILES string of the molecule is OB(O)OCCCCCC(c1cccc2ccccc12)(c1cccc2ccccc12)c1cccc2ccccc12. The summed E-state index contributed by atoms with van der Waals surface area (Å²) in [6, 6.07) is 46.3. The third-order valence-corrected chi connectivity index (χ3v) is 8.21. The summed E-state index contributed by atoms with van der Waals surface area (Å²) < 4.78 is 5.01. The predicted molar refractivity (Wildman–Crippen MR) is 166 cm³/mol. The summed E-state index contributed by atoms with van der Waals surface area (Å²) in [6.07, 6.45) is 3.51. The standard InChI is InChI=1S/C36H33BO3/c38-37(39)40-26-9-1-8-25-36(33-22-10-16-27-13-2-5-19-30(27)33,34-23-11-17-28-14-3-6-20-31(28)34)35-24-12-18-29-15-4-7-21-32(29)35/h2-7,10-24,38-39H,1,8-9,25-26H2. The molecule has 0 aliphatic heterocycles. The van der Waals surface area contributed by atoms with Gasteiger partial charge in [-0.25, -0.2) is 0 Å². The van der Waals surface area contributed by atoms with Crippen molar-refractivity contribution in [2.45, 2.75) is 31.1 Å². The Morgan fingerprint density at radius 2 is 0.875 bits per heavy atom. The van der Waals surface area contributed by atoms with Crippen LogP contribution in [0.1, 0.15) is 42.4 Å². The summed E-state index contributed by atoms with van der Waals surface area (Å²) in [5.41, 5.74) is 3.49. The summed E-state index contributed by atoms with van der Waals surface area (Å²) in [4.78, 5) is 0. The van der Waals surface area contributed by atoms with Crippen LogP contribution in [0.4, 0.5) is 0 Å². The third kappa shape index (κ3) is 4.91. The monoisotopic (exact) mass is 524 g/mol.